The first-order valence-corrected chi connectivity index (χ1v) is 11.0. The summed E-state index contributed by atoms with van der Waals surface area (Å²) in [7, 11) is 0. The molecule has 3 atom stereocenters. The van der Waals surface area contributed by atoms with Crippen LogP contribution in [-0.2, 0) is 0 Å². The number of rotatable bonds is 7. The standard InChI is InChI=1S/C23H34F3NO2/c1-3-17(2)19-10-13-27(15-19)16-21(22(28)11-5-4-6-12-22)18-8-7-9-20(14-18)29-23(24,25)26/h7-9,14,17,19,21,28H,3-6,10-13,15-16H2,1-2H3/t17?,19-,21?/m0/s1. The molecular weight excluding hydrogens is 379 g/mol. The van der Waals surface area contributed by atoms with Crippen molar-refractivity contribution in [3.8, 4) is 5.75 Å². The van der Waals surface area contributed by atoms with Gasteiger partial charge < -0.3 is 14.7 Å². The van der Waals surface area contributed by atoms with Gasteiger partial charge in [0.25, 0.3) is 0 Å². The Morgan fingerprint density at radius 2 is 1.97 bits per heavy atom. The Labute approximate surface area is 172 Å². The van der Waals surface area contributed by atoms with Crippen LogP contribution >= 0.6 is 0 Å². The van der Waals surface area contributed by atoms with Crippen LogP contribution in [0, 0.1) is 11.8 Å². The maximum atomic E-state index is 12.7. The first-order valence-electron chi connectivity index (χ1n) is 11.0. The molecule has 0 bridgehead atoms. The average molecular weight is 414 g/mol. The van der Waals surface area contributed by atoms with Gasteiger partial charge in [-0.25, -0.2) is 0 Å². The zero-order chi connectivity index (χ0) is 21.1. The molecule has 1 heterocycles. The molecule has 2 fully saturated rings. The minimum Gasteiger partial charge on any atom is -0.406 e. The molecule has 0 aromatic heterocycles. The normalized spacial score (nSPS) is 25.0. The Bertz CT molecular complexity index is 658. The van der Waals surface area contributed by atoms with E-state index in [1.807, 2.05) is 6.07 Å². The molecule has 1 aromatic rings. The van der Waals surface area contributed by atoms with E-state index >= 15 is 0 Å². The van der Waals surface area contributed by atoms with Gasteiger partial charge >= 0.3 is 6.36 Å². The Morgan fingerprint density at radius 3 is 2.62 bits per heavy atom. The quantitative estimate of drug-likeness (QED) is 0.619. The lowest BCUT2D eigenvalue weighted by Crippen LogP contribution is -2.44. The number of likely N-dealkylation sites (tertiary alicyclic amines) is 1. The predicted octanol–water partition coefficient (Wildman–Crippen LogP) is 5.73. The van der Waals surface area contributed by atoms with E-state index in [0.29, 0.717) is 31.2 Å². The lowest BCUT2D eigenvalue weighted by atomic mass is 9.72. The molecule has 1 saturated heterocycles. The number of aliphatic hydroxyl groups is 1. The number of nitrogens with zero attached hydrogens (tertiary/aromatic N) is 1. The second kappa shape index (κ2) is 9.25. The van der Waals surface area contributed by atoms with Crippen LogP contribution in [0.2, 0.25) is 0 Å². The van der Waals surface area contributed by atoms with E-state index in [1.165, 1.54) is 12.1 Å². The van der Waals surface area contributed by atoms with Gasteiger partial charge in [0, 0.05) is 19.0 Å². The average Bonchev–Trinajstić information content (AvgIpc) is 3.13. The third-order valence-electron chi connectivity index (χ3n) is 7.06. The van der Waals surface area contributed by atoms with Crippen molar-refractivity contribution in [2.24, 2.45) is 11.8 Å². The summed E-state index contributed by atoms with van der Waals surface area (Å²) in [6.45, 7) is 7.17. The van der Waals surface area contributed by atoms with Crippen LogP contribution in [0.15, 0.2) is 24.3 Å². The second-order valence-corrected chi connectivity index (χ2v) is 9.03. The topological polar surface area (TPSA) is 32.7 Å². The SMILES string of the molecule is CCC(C)[C@H]1CCN(CC(c2cccc(OC(F)(F)F)c2)C2(O)CCCCC2)C1. The molecule has 1 aliphatic carbocycles. The number of ether oxygens (including phenoxy) is 1. The van der Waals surface area contributed by atoms with E-state index in [1.54, 1.807) is 6.07 Å². The van der Waals surface area contributed by atoms with Crippen LogP contribution in [0.3, 0.4) is 0 Å². The van der Waals surface area contributed by atoms with Crippen molar-refractivity contribution < 1.29 is 23.0 Å². The third-order valence-corrected chi connectivity index (χ3v) is 7.06. The number of benzene rings is 1. The van der Waals surface area contributed by atoms with Crippen LogP contribution in [0.1, 0.15) is 70.3 Å². The van der Waals surface area contributed by atoms with Crippen LogP contribution in [0.25, 0.3) is 0 Å². The minimum atomic E-state index is -4.71. The first-order chi connectivity index (χ1) is 13.7. The van der Waals surface area contributed by atoms with Gasteiger partial charge in [-0.1, -0.05) is 51.7 Å². The molecule has 2 aliphatic rings. The Hall–Kier alpha value is -1.27. The van der Waals surface area contributed by atoms with Crippen molar-refractivity contribution >= 4 is 0 Å². The highest BCUT2D eigenvalue weighted by Crippen LogP contribution is 2.42. The molecule has 0 amide bonds. The molecular formula is C23H34F3NO2. The van der Waals surface area contributed by atoms with Crippen LogP contribution in [0.5, 0.6) is 5.75 Å². The van der Waals surface area contributed by atoms with E-state index < -0.39 is 12.0 Å². The zero-order valence-electron chi connectivity index (χ0n) is 17.5. The number of hydrogen-bond acceptors (Lipinski definition) is 3. The summed E-state index contributed by atoms with van der Waals surface area (Å²) in [6.07, 6.45) is 2.01. The highest BCUT2D eigenvalue weighted by atomic mass is 19.4. The minimum absolute atomic E-state index is 0.210. The summed E-state index contributed by atoms with van der Waals surface area (Å²) in [4.78, 5) is 2.39. The maximum absolute atomic E-state index is 12.7. The predicted molar refractivity (Wildman–Crippen MR) is 108 cm³/mol. The van der Waals surface area contributed by atoms with Gasteiger partial charge in [0.2, 0.25) is 0 Å². The molecule has 0 radical (unpaired) electrons. The molecule has 6 heteroatoms. The fourth-order valence-corrected chi connectivity index (χ4v) is 5.11. The number of alkyl halides is 3. The third kappa shape index (κ3) is 5.88. The largest absolute Gasteiger partial charge is 0.573 e. The van der Waals surface area contributed by atoms with Gasteiger partial charge in [0.1, 0.15) is 5.75 Å². The molecule has 1 aliphatic heterocycles. The van der Waals surface area contributed by atoms with Crippen molar-refractivity contribution in [2.45, 2.75) is 76.7 Å². The van der Waals surface area contributed by atoms with E-state index in [9.17, 15) is 18.3 Å². The first kappa shape index (κ1) is 22.4. The molecule has 3 rings (SSSR count). The van der Waals surface area contributed by atoms with E-state index in [-0.39, 0.29) is 11.7 Å². The lowest BCUT2D eigenvalue weighted by molar-refractivity contribution is -0.274. The molecule has 1 N–H and O–H groups in total. The van der Waals surface area contributed by atoms with Gasteiger partial charge in [-0.2, -0.15) is 0 Å². The molecule has 29 heavy (non-hydrogen) atoms. The summed E-state index contributed by atoms with van der Waals surface area (Å²) < 4.78 is 42.3. The Morgan fingerprint density at radius 1 is 1.24 bits per heavy atom. The summed E-state index contributed by atoms with van der Waals surface area (Å²) in [5.74, 6) is 0.898. The molecule has 1 saturated carbocycles. The lowest BCUT2D eigenvalue weighted by Gasteiger charge is -2.41. The summed E-state index contributed by atoms with van der Waals surface area (Å²) >= 11 is 0. The van der Waals surface area contributed by atoms with Crippen LogP contribution < -0.4 is 4.74 Å². The summed E-state index contributed by atoms with van der Waals surface area (Å²) in [5.41, 5.74) is -0.132. The molecule has 0 spiro atoms. The Balaban J connectivity index is 1.82. The molecule has 1 aromatic carbocycles. The monoisotopic (exact) mass is 413 g/mol. The van der Waals surface area contributed by atoms with Crippen molar-refractivity contribution in [1.82, 2.24) is 4.90 Å². The highest BCUT2D eigenvalue weighted by Gasteiger charge is 2.41. The molecule has 2 unspecified atom stereocenters. The fourth-order valence-electron chi connectivity index (χ4n) is 5.11. The molecule has 164 valence electrons. The van der Waals surface area contributed by atoms with Gasteiger partial charge in [-0.3, -0.25) is 0 Å². The van der Waals surface area contributed by atoms with Crippen molar-refractivity contribution in [2.75, 3.05) is 19.6 Å². The van der Waals surface area contributed by atoms with Crippen LogP contribution in [0.4, 0.5) is 13.2 Å². The second-order valence-electron chi connectivity index (χ2n) is 9.03. The van der Waals surface area contributed by atoms with Gasteiger partial charge in [0.15, 0.2) is 0 Å². The van der Waals surface area contributed by atoms with Crippen molar-refractivity contribution in [3.63, 3.8) is 0 Å². The van der Waals surface area contributed by atoms with E-state index in [4.69, 9.17) is 0 Å². The maximum Gasteiger partial charge on any atom is 0.573 e. The van der Waals surface area contributed by atoms with Crippen molar-refractivity contribution in [3.05, 3.63) is 29.8 Å². The van der Waals surface area contributed by atoms with Gasteiger partial charge in [0.05, 0.1) is 5.60 Å². The summed E-state index contributed by atoms with van der Waals surface area (Å²) in [5, 5.41) is 11.5. The smallest absolute Gasteiger partial charge is 0.406 e. The van der Waals surface area contributed by atoms with Crippen molar-refractivity contribution in [1.29, 1.82) is 0 Å². The molecule has 3 nitrogen and oxygen atoms in total. The Kier molecular flexibility index (Phi) is 7.15. The van der Waals surface area contributed by atoms with Crippen LogP contribution in [-0.4, -0.2) is 41.6 Å². The van der Waals surface area contributed by atoms with E-state index in [0.717, 1.165) is 50.8 Å². The fraction of sp³-hybridized carbons (Fsp3) is 0.739. The van der Waals surface area contributed by atoms with Gasteiger partial charge in [-0.05, 0) is 55.3 Å². The summed E-state index contributed by atoms with van der Waals surface area (Å²) in [6, 6.07) is 6.23. The zero-order valence-corrected chi connectivity index (χ0v) is 17.5. The highest BCUT2D eigenvalue weighted by molar-refractivity contribution is 5.33. The van der Waals surface area contributed by atoms with E-state index in [2.05, 4.69) is 23.5 Å². The number of halogens is 3. The number of hydrogen-bond donors (Lipinski definition) is 1. The van der Waals surface area contributed by atoms with Gasteiger partial charge in [-0.15, -0.1) is 13.2 Å².